The number of imidazole rings is 1. The predicted molar refractivity (Wildman–Crippen MR) is 146 cm³/mol. The zero-order valence-corrected chi connectivity index (χ0v) is 23.2. The van der Waals surface area contributed by atoms with Crippen LogP contribution in [-0.4, -0.2) is 90.9 Å². The molecule has 3 fully saturated rings. The van der Waals surface area contributed by atoms with Crippen LogP contribution in [0.25, 0.3) is 16.9 Å². The first-order valence-corrected chi connectivity index (χ1v) is 15.2. The number of halogens is 2. The number of anilines is 2. The molecule has 1 atom stereocenters. The maximum atomic E-state index is 13.4. The number of carbonyl (C=O) groups is 1. The van der Waals surface area contributed by atoms with Crippen molar-refractivity contribution in [1.29, 1.82) is 0 Å². The Kier molecular flexibility index (Phi) is 6.64. The highest BCUT2D eigenvalue weighted by Gasteiger charge is 2.53. The van der Waals surface area contributed by atoms with Crippen molar-refractivity contribution in [2.75, 3.05) is 61.9 Å². The number of pyridine rings is 1. The molecule has 0 aliphatic carbocycles. The molecular formula is C26H32F2N8O3S. The van der Waals surface area contributed by atoms with Crippen LogP contribution in [0.5, 0.6) is 0 Å². The highest BCUT2D eigenvalue weighted by Crippen LogP contribution is 2.42. The van der Waals surface area contributed by atoms with Crippen molar-refractivity contribution in [3.63, 3.8) is 0 Å². The van der Waals surface area contributed by atoms with Gasteiger partial charge in [-0.1, -0.05) is 0 Å². The van der Waals surface area contributed by atoms with Crippen LogP contribution in [0.3, 0.4) is 0 Å². The number of nitrogens with zero attached hydrogens (tertiary/aromatic N) is 7. The third-order valence-electron chi connectivity index (χ3n) is 8.05. The maximum absolute atomic E-state index is 13.4. The Morgan fingerprint density at radius 1 is 1.15 bits per heavy atom. The molecule has 0 bridgehead atoms. The number of fused-ring (bicyclic) bond motifs is 1. The van der Waals surface area contributed by atoms with Gasteiger partial charge in [0.05, 0.1) is 18.1 Å². The lowest BCUT2D eigenvalue weighted by molar-refractivity contribution is -0.142. The van der Waals surface area contributed by atoms with Gasteiger partial charge in [-0.05, 0) is 43.0 Å². The standard InChI is InChI=1S/C26H32F2N8O3S/c1-17(37)34-13-26(14-34)15-35(16-26)24-9-19(21-11-29-22-6-5-20(25(27)28)32-36(21)22)8-23(31-24)33-7-3-4-18(12-33)10-30-40(2,38)39/h5-6,8-9,11,18,25,30H,3-4,7,10,12-16H2,1-2H3. The second kappa shape index (κ2) is 9.91. The number of alkyl halides is 2. The van der Waals surface area contributed by atoms with Crippen LogP contribution >= 0.6 is 0 Å². The van der Waals surface area contributed by atoms with E-state index in [1.807, 2.05) is 17.0 Å². The minimum atomic E-state index is -3.29. The molecule has 3 aliphatic rings. The van der Waals surface area contributed by atoms with Gasteiger partial charge in [-0.15, -0.1) is 0 Å². The van der Waals surface area contributed by atoms with Gasteiger partial charge in [0.1, 0.15) is 17.3 Å². The Hall–Kier alpha value is -3.39. The minimum Gasteiger partial charge on any atom is -0.356 e. The zero-order valence-electron chi connectivity index (χ0n) is 22.4. The Morgan fingerprint density at radius 2 is 1.88 bits per heavy atom. The molecule has 3 saturated heterocycles. The van der Waals surface area contributed by atoms with Crippen molar-refractivity contribution in [3.8, 4) is 11.3 Å². The lowest BCUT2D eigenvalue weighted by atomic mass is 9.73. The summed E-state index contributed by atoms with van der Waals surface area (Å²) in [6.07, 6.45) is 1.87. The highest BCUT2D eigenvalue weighted by molar-refractivity contribution is 7.88. The average Bonchev–Trinajstić information content (AvgIpc) is 3.29. The molecular weight excluding hydrogens is 542 g/mol. The van der Waals surface area contributed by atoms with Crippen molar-refractivity contribution in [1.82, 2.24) is 29.2 Å². The van der Waals surface area contributed by atoms with E-state index in [1.54, 1.807) is 13.1 Å². The maximum Gasteiger partial charge on any atom is 0.282 e. The first-order chi connectivity index (χ1) is 19.0. The molecule has 1 amide bonds. The summed E-state index contributed by atoms with van der Waals surface area (Å²) in [5.41, 5.74) is 1.54. The molecule has 0 radical (unpaired) electrons. The molecule has 3 aromatic heterocycles. The van der Waals surface area contributed by atoms with Crippen LogP contribution < -0.4 is 14.5 Å². The second-order valence-electron chi connectivity index (χ2n) is 11.4. The smallest absolute Gasteiger partial charge is 0.282 e. The summed E-state index contributed by atoms with van der Waals surface area (Å²) in [6.45, 7) is 6.36. The van der Waals surface area contributed by atoms with E-state index in [0.717, 1.165) is 69.0 Å². The van der Waals surface area contributed by atoms with Crippen LogP contribution in [-0.2, 0) is 14.8 Å². The normalized spacial score (nSPS) is 20.7. The van der Waals surface area contributed by atoms with Crippen LogP contribution in [0.4, 0.5) is 20.4 Å². The number of piperidine rings is 1. The number of rotatable bonds is 7. The van der Waals surface area contributed by atoms with Crippen LogP contribution in [0, 0.1) is 11.3 Å². The number of nitrogens with one attached hydrogen (secondary N) is 1. The van der Waals surface area contributed by atoms with E-state index in [-0.39, 0.29) is 22.9 Å². The van der Waals surface area contributed by atoms with Gasteiger partial charge in [0.25, 0.3) is 6.43 Å². The molecule has 1 unspecified atom stereocenters. The summed E-state index contributed by atoms with van der Waals surface area (Å²) < 4.78 is 54.2. The van der Waals surface area contributed by atoms with Crippen molar-refractivity contribution < 1.29 is 22.0 Å². The van der Waals surface area contributed by atoms with Crippen LogP contribution in [0.1, 0.15) is 31.9 Å². The average molecular weight is 575 g/mol. The number of carbonyl (C=O) groups excluding carboxylic acids is 1. The molecule has 3 aromatic rings. The summed E-state index contributed by atoms with van der Waals surface area (Å²) in [7, 11) is -3.29. The van der Waals surface area contributed by atoms with Crippen molar-refractivity contribution >= 4 is 33.2 Å². The lowest BCUT2D eigenvalue weighted by Crippen LogP contribution is -2.73. The Balaban J connectivity index is 1.32. The first kappa shape index (κ1) is 26.8. The number of likely N-dealkylation sites (tertiary alicyclic amines) is 1. The Morgan fingerprint density at radius 3 is 2.55 bits per heavy atom. The van der Waals surface area contributed by atoms with E-state index in [4.69, 9.17) is 4.98 Å². The minimum absolute atomic E-state index is 0.0775. The number of amides is 1. The summed E-state index contributed by atoms with van der Waals surface area (Å²) in [5, 5.41) is 4.15. The largest absolute Gasteiger partial charge is 0.356 e. The van der Waals surface area contributed by atoms with E-state index in [1.165, 1.54) is 16.6 Å². The molecule has 14 heteroatoms. The summed E-state index contributed by atoms with van der Waals surface area (Å²) in [6, 6.07) is 6.67. The topological polar surface area (TPSA) is 116 Å². The van der Waals surface area contributed by atoms with Gasteiger partial charge < -0.3 is 14.7 Å². The number of hydrogen-bond donors (Lipinski definition) is 1. The Bertz CT molecular complexity index is 1550. The molecule has 0 saturated carbocycles. The van der Waals surface area contributed by atoms with Gasteiger partial charge >= 0.3 is 0 Å². The van der Waals surface area contributed by atoms with E-state index < -0.39 is 16.4 Å². The molecule has 1 N–H and O–H groups in total. The zero-order chi connectivity index (χ0) is 28.2. The van der Waals surface area contributed by atoms with E-state index in [0.29, 0.717) is 24.4 Å². The molecule has 3 aliphatic heterocycles. The van der Waals surface area contributed by atoms with Crippen LogP contribution in [0.15, 0.2) is 30.5 Å². The van der Waals surface area contributed by atoms with E-state index >= 15 is 0 Å². The second-order valence-corrected chi connectivity index (χ2v) is 13.2. The molecule has 214 valence electrons. The fourth-order valence-electron chi connectivity index (χ4n) is 5.99. The number of hydrogen-bond acceptors (Lipinski definition) is 8. The fraction of sp³-hybridized carbons (Fsp3) is 0.538. The third kappa shape index (κ3) is 5.21. The number of sulfonamides is 1. The van der Waals surface area contributed by atoms with Gasteiger partial charge in [-0.25, -0.2) is 36.4 Å². The molecule has 1 spiro atoms. The monoisotopic (exact) mass is 574 g/mol. The fourth-order valence-corrected chi connectivity index (χ4v) is 6.53. The molecule has 40 heavy (non-hydrogen) atoms. The van der Waals surface area contributed by atoms with Gasteiger partial charge in [0.2, 0.25) is 15.9 Å². The predicted octanol–water partition coefficient (Wildman–Crippen LogP) is 2.16. The van der Waals surface area contributed by atoms with E-state index in [2.05, 4.69) is 24.6 Å². The van der Waals surface area contributed by atoms with Crippen LogP contribution in [0.2, 0.25) is 0 Å². The van der Waals surface area contributed by atoms with Gasteiger partial charge in [-0.3, -0.25) is 4.79 Å². The van der Waals surface area contributed by atoms with Gasteiger partial charge in [0.15, 0.2) is 5.65 Å². The van der Waals surface area contributed by atoms with Crippen molar-refractivity contribution in [3.05, 3.63) is 36.2 Å². The first-order valence-electron chi connectivity index (χ1n) is 13.3. The summed E-state index contributed by atoms with van der Waals surface area (Å²) in [5.74, 6) is 1.70. The van der Waals surface area contributed by atoms with Crippen molar-refractivity contribution in [2.45, 2.75) is 26.2 Å². The highest BCUT2D eigenvalue weighted by atomic mass is 32.2. The molecule has 6 rings (SSSR count). The lowest BCUT2D eigenvalue weighted by Gasteiger charge is -2.60. The summed E-state index contributed by atoms with van der Waals surface area (Å²) >= 11 is 0. The van der Waals surface area contributed by atoms with E-state index in [9.17, 15) is 22.0 Å². The quantitative estimate of drug-likeness (QED) is 0.457. The SMILES string of the molecule is CC(=O)N1CC2(C1)CN(c1cc(-c3cnc4ccc(C(F)F)nn34)cc(N3CCCC(CNS(C)(=O)=O)C3)n1)C2. The van der Waals surface area contributed by atoms with Gasteiger partial charge in [0, 0.05) is 63.7 Å². The number of aromatic nitrogens is 4. The molecule has 0 aromatic carbocycles. The van der Waals surface area contributed by atoms with Crippen molar-refractivity contribution in [2.24, 2.45) is 11.3 Å². The molecule has 11 nitrogen and oxygen atoms in total. The summed E-state index contributed by atoms with van der Waals surface area (Å²) in [4.78, 5) is 27.3. The van der Waals surface area contributed by atoms with Gasteiger partial charge in [-0.2, -0.15) is 5.10 Å². The Labute approximate surface area is 231 Å². The molecule has 6 heterocycles. The third-order valence-corrected chi connectivity index (χ3v) is 8.74.